The van der Waals surface area contributed by atoms with E-state index < -0.39 is 0 Å². The summed E-state index contributed by atoms with van der Waals surface area (Å²) >= 11 is 0. The second-order valence-electron chi connectivity index (χ2n) is 5.21. The molecule has 0 atom stereocenters. The second kappa shape index (κ2) is 5.09. The third-order valence-corrected chi connectivity index (χ3v) is 3.77. The molecule has 3 rings (SSSR count). The zero-order valence-electron chi connectivity index (χ0n) is 11.6. The van der Waals surface area contributed by atoms with Gasteiger partial charge in [0, 0.05) is 17.2 Å². The van der Waals surface area contributed by atoms with Gasteiger partial charge in [0.25, 0.3) is 5.69 Å². The average molecular weight is 285 g/mol. The van der Waals surface area contributed by atoms with Crippen LogP contribution in [-0.4, -0.2) is 10.0 Å². The maximum absolute atomic E-state index is 11.2. The number of benzene rings is 2. The van der Waals surface area contributed by atoms with Crippen LogP contribution >= 0.6 is 0 Å². The fraction of sp³-hybridized carbons (Fsp3) is 0.250. The van der Waals surface area contributed by atoms with E-state index in [-0.39, 0.29) is 16.4 Å². The van der Waals surface area contributed by atoms with Crippen molar-refractivity contribution in [3.63, 3.8) is 0 Å². The molecule has 1 aliphatic rings. The van der Waals surface area contributed by atoms with Crippen molar-refractivity contribution in [2.24, 2.45) is 0 Å². The number of aromatic hydroxyl groups is 1. The topological polar surface area (TPSA) is 72.6 Å². The van der Waals surface area contributed by atoms with Crippen molar-refractivity contribution in [2.75, 3.05) is 0 Å². The van der Waals surface area contributed by atoms with Gasteiger partial charge < -0.3 is 9.84 Å². The summed E-state index contributed by atoms with van der Waals surface area (Å²) in [5.74, 6) is 1.49. The van der Waals surface area contributed by atoms with E-state index in [2.05, 4.69) is 0 Å². The summed E-state index contributed by atoms with van der Waals surface area (Å²) in [4.78, 5) is 10.8. The first-order chi connectivity index (χ1) is 10.1. The summed E-state index contributed by atoms with van der Waals surface area (Å²) < 4.78 is 5.91. The van der Waals surface area contributed by atoms with Crippen molar-refractivity contribution < 1.29 is 14.8 Å². The van der Waals surface area contributed by atoms with Crippen LogP contribution in [0.5, 0.6) is 17.2 Å². The van der Waals surface area contributed by atoms with Crippen molar-refractivity contribution in [1.82, 2.24) is 0 Å². The molecule has 1 aliphatic carbocycles. The summed E-state index contributed by atoms with van der Waals surface area (Å²) in [5, 5.41) is 20.5. The van der Waals surface area contributed by atoms with E-state index >= 15 is 0 Å². The minimum absolute atomic E-state index is 0.174. The normalized spacial score (nSPS) is 13.0. The Hall–Kier alpha value is -2.56. The number of nitro benzene ring substituents is 1. The van der Waals surface area contributed by atoms with E-state index in [0.717, 1.165) is 36.0 Å². The number of ether oxygens (including phenoxy) is 1. The zero-order valence-corrected chi connectivity index (χ0v) is 11.6. The Kier molecular flexibility index (Phi) is 3.25. The minimum Gasteiger partial charge on any atom is -0.508 e. The molecule has 0 fully saturated rings. The van der Waals surface area contributed by atoms with Gasteiger partial charge in [0.2, 0.25) is 0 Å². The van der Waals surface area contributed by atoms with E-state index in [1.54, 1.807) is 30.3 Å². The number of nitro groups is 1. The Morgan fingerprint density at radius 3 is 2.52 bits per heavy atom. The van der Waals surface area contributed by atoms with E-state index in [9.17, 15) is 15.2 Å². The molecule has 5 nitrogen and oxygen atoms in total. The predicted molar refractivity (Wildman–Crippen MR) is 78.0 cm³/mol. The summed E-state index contributed by atoms with van der Waals surface area (Å²) in [5.41, 5.74) is 2.68. The van der Waals surface area contributed by atoms with Gasteiger partial charge in [-0.25, -0.2) is 0 Å². The molecule has 0 radical (unpaired) electrons. The van der Waals surface area contributed by atoms with Gasteiger partial charge in [0.15, 0.2) is 0 Å². The molecule has 0 heterocycles. The summed E-state index contributed by atoms with van der Waals surface area (Å²) in [6.07, 6.45) is 2.43. The highest BCUT2D eigenvalue weighted by Gasteiger charge is 2.27. The van der Waals surface area contributed by atoms with Crippen LogP contribution in [0.3, 0.4) is 0 Å². The molecule has 0 unspecified atom stereocenters. The maximum Gasteiger partial charge on any atom is 0.273 e. The molecule has 1 N–H and O–H groups in total. The Morgan fingerprint density at radius 1 is 1.19 bits per heavy atom. The second-order valence-corrected chi connectivity index (χ2v) is 5.21. The van der Waals surface area contributed by atoms with Gasteiger partial charge in [-0.15, -0.1) is 0 Å². The Bertz CT molecular complexity index is 707. The average Bonchev–Trinajstić information content (AvgIpc) is 2.92. The number of phenolic OH excluding ortho intramolecular Hbond substituents is 1. The van der Waals surface area contributed by atoms with E-state index in [1.807, 2.05) is 6.92 Å². The Balaban J connectivity index is 2.05. The number of rotatable bonds is 3. The molecule has 2 aromatic rings. The van der Waals surface area contributed by atoms with Crippen molar-refractivity contribution in [2.45, 2.75) is 26.2 Å². The lowest BCUT2D eigenvalue weighted by molar-refractivity contribution is -0.385. The molecule has 0 aromatic heterocycles. The molecule has 108 valence electrons. The van der Waals surface area contributed by atoms with Crippen molar-refractivity contribution in [1.29, 1.82) is 0 Å². The first kappa shape index (κ1) is 13.4. The van der Waals surface area contributed by atoms with Gasteiger partial charge in [-0.2, -0.15) is 0 Å². The van der Waals surface area contributed by atoms with Crippen LogP contribution in [0.25, 0.3) is 0 Å². The molecule has 0 saturated heterocycles. The van der Waals surface area contributed by atoms with Gasteiger partial charge in [-0.05, 0) is 56.0 Å². The lowest BCUT2D eigenvalue weighted by Gasteiger charge is -2.14. The minimum atomic E-state index is -0.318. The van der Waals surface area contributed by atoms with Crippen LogP contribution in [0, 0.1) is 17.0 Å². The SMILES string of the molecule is Cc1cc([N+](=O)[O-])c2c(c1Oc1ccc(O)cc1)CCC2. The fourth-order valence-corrected chi connectivity index (χ4v) is 2.81. The maximum atomic E-state index is 11.2. The summed E-state index contributed by atoms with van der Waals surface area (Å²) in [6, 6.07) is 8.04. The number of hydrogen-bond donors (Lipinski definition) is 1. The van der Waals surface area contributed by atoms with E-state index in [0.29, 0.717) is 11.5 Å². The zero-order chi connectivity index (χ0) is 15.0. The van der Waals surface area contributed by atoms with Crippen molar-refractivity contribution >= 4 is 5.69 Å². The molecule has 0 spiro atoms. The Morgan fingerprint density at radius 2 is 1.86 bits per heavy atom. The van der Waals surface area contributed by atoms with Gasteiger partial charge in [-0.1, -0.05) is 0 Å². The first-order valence-electron chi connectivity index (χ1n) is 6.83. The molecule has 0 saturated carbocycles. The molecular formula is C16H15NO4. The summed E-state index contributed by atoms with van der Waals surface area (Å²) in [7, 11) is 0. The Labute approximate surface area is 122 Å². The monoisotopic (exact) mass is 285 g/mol. The number of aryl methyl sites for hydroxylation is 1. The van der Waals surface area contributed by atoms with Crippen LogP contribution in [0.2, 0.25) is 0 Å². The van der Waals surface area contributed by atoms with Crippen LogP contribution < -0.4 is 4.74 Å². The summed E-state index contributed by atoms with van der Waals surface area (Å²) in [6.45, 7) is 1.82. The van der Waals surface area contributed by atoms with Crippen LogP contribution in [0.4, 0.5) is 5.69 Å². The number of nitrogens with zero attached hydrogens (tertiary/aromatic N) is 1. The molecular weight excluding hydrogens is 270 g/mol. The molecule has 0 aliphatic heterocycles. The van der Waals surface area contributed by atoms with Gasteiger partial charge in [0.1, 0.15) is 17.2 Å². The van der Waals surface area contributed by atoms with Crippen molar-refractivity contribution in [3.05, 3.63) is 57.1 Å². The lowest BCUT2D eigenvalue weighted by atomic mass is 10.0. The van der Waals surface area contributed by atoms with Crippen LogP contribution in [-0.2, 0) is 12.8 Å². The standard InChI is InChI=1S/C16H15NO4/c1-10-9-15(17(19)20)13-3-2-4-14(13)16(10)21-12-7-5-11(18)6-8-12/h5-9,18H,2-4H2,1H3. The van der Waals surface area contributed by atoms with Crippen molar-refractivity contribution in [3.8, 4) is 17.2 Å². The van der Waals surface area contributed by atoms with Gasteiger partial charge >= 0.3 is 0 Å². The highest BCUT2D eigenvalue weighted by molar-refractivity contribution is 5.59. The van der Waals surface area contributed by atoms with E-state index in [4.69, 9.17) is 4.74 Å². The number of phenols is 1. The quantitative estimate of drug-likeness (QED) is 0.686. The third kappa shape index (κ3) is 2.42. The van der Waals surface area contributed by atoms with Crippen LogP contribution in [0.15, 0.2) is 30.3 Å². The molecule has 0 bridgehead atoms. The molecule has 2 aromatic carbocycles. The number of hydrogen-bond acceptors (Lipinski definition) is 4. The largest absolute Gasteiger partial charge is 0.508 e. The molecule has 0 amide bonds. The third-order valence-electron chi connectivity index (χ3n) is 3.77. The lowest BCUT2D eigenvalue weighted by Crippen LogP contribution is -2.00. The van der Waals surface area contributed by atoms with E-state index in [1.165, 1.54) is 0 Å². The smallest absolute Gasteiger partial charge is 0.273 e. The number of fused-ring (bicyclic) bond motifs is 1. The molecule has 21 heavy (non-hydrogen) atoms. The predicted octanol–water partition coefficient (Wildman–Crippen LogP) is 3.89. The van der Waals surface area contributed by atoms with Crippen LogP contribution in [0.1, 0.15) is 23.1 Å². The van der Waals surface area contributed by atoms with Gasteiger partial charge in [0.05, 0.1) is 4.92 Å². The fourth-order valence-electron chi connectivity index (χ4n) is 2.81. The highest BCUT2D eigenvalue weighted by atomic mass is 16.6. The first-order valence-corrected chi connectivity index (χ1v) is 6.83. The van der Waals surface area contributed by atoms with Gasteiger partial charge in [-0.3, -0.25) is 10.1 Å². The highest BCUT2D eigenvalue weighted by Crippen LogP contribution is 2.41. The molecule has 5 heteroatoms.